The number of aromatic amines is 1. The SMILES string of the molecule is CC(C)(c1[nH]nc(N)c1-c1ccccn1)S(C)(=O)=O. The first-order valence-electron chi connectivity index (χ1n) is 5.70. The molecule has 0 aliphatic rings. The molecule has 2 rings (SSSR count). The predicted molar refractivity (Wildman–Crippen MR) is 74.1 cm³/mol. The van der Waals surface area contributed by atoms with Gasteiger partial charge in [0.25, 0.3) is 0 Å². The van der Waals surface area contributed by atoms with Gasteiger partial charge < -0.3 is 5.73 Å². The number of hydrogen-bond donors (Lipinski definition) is 2. The molecule has 0 bridgehead atoms. The van der Waals surface area contributed by atoms with E-state index in [0.717, 1.165) is 0 Å². The maximum absolute atomic E-state index is 11.9. The van der Waals surface area contributed by atoms with Crippen molar-refractivity contribution in [3.05, 3.63) is 30.1 Å². The summed E-state index contributed by atoms with van der Waals surface area (Å²) in [7, 11) is -3.33. The molecule has 102 valence electrons. The lowest BCUT2D eigenvalue weighted by molar-refractivity contribution is 0.556. The Morgan fingerprint density at radius 1 is 1.32 bits per heavy atom. The first-order valence-corrected chi connectivity index (χ1v) is 7.59. The van der Waals surface area contributed by atoms with Gasteiger partial charge in [0.05, 0.1) is 17.0 Å². The zero-order valence-corrected chi connectivity index (χ0v) is 11.8. The van der Waals surface area contributed by atoms with Gasteiger partial charge in [-0.25, -0.2) is 8.42 Å². The lowest BCUT2D eigenvalue weighted by Gasteiger charge is -2.22. The molecule has 0 spiro atoms. The van der Waals surface area contributed by atoms with E-state index < -0.39 is 14.6 Å². The molecule has 0 aliphatic heterocycles. The molecule has 7 heteroatoms. The zero-order valence-electron chi connectivity index (χ0n) is 11.0. The Morgan fingerprint density at radius 2 is 2.00 bits per heavy atom. The molecule has 6 nitrogen and oxygen atoms in total. The molecule has 0 aliphatic carbocycles. The van der Waals surface area contributed by atoms with Gasteiger partial charge in [0.1, 0.15) is 4.75 Å². The first kappa shape index (κ1) is 13.5. The summed E-state index contributed by atoms with van der Waals surface area (Å²) in [6.45, 7) is 3.23. The molecule has 3 N–H and O–H groups in total. The molecule has 0 saturated heterocycles. The highest BCUT2D eigenvalue weighted by atomic mass is 32.2. The van der Waals surface area contributed by atoms with Crippen molar-refractivity contribution in [3.63, 3.8) is 0 Å². The summed E-state index contributed by atoms with van der Waals surface area (Å²) in [5.74, 6) is 0.241. The van der Waals surface area contributed by atoms with E-state index in [1.807, 2.05) is 6.07 Å². The molecule has 0 amide bonds. The molecule has 2 aromatic heterocycles. The maximum atomic E-state index is 11.9. The van der Waals surface area contributed by atoms with Gasteiger partial charge in [0, 0.05) is 12.5 Å². The van der Waals surface area contributed by atoms with Crippen molar-refractivity contribution in [1.29, 1.82) is 0 Å². The number of rotatable bonds is 3. The van der Waals surface area contributed by atoms with Crippen LogP contribution in [0.3, 0.4) is 0 Å². The number of nitrogens with two attached hydrogens (primary N) is 1. The molecule has 0 atom stereocenters. The van der Waals surface area contributed by atoms with Crippen LogP contribution in [0.4, 0.5) is 5.82 Å². The summed E-state index contributed by atoms with van der Waals surface area (Å²) < 4.78 is 22.8. The fourth-order valence-corrected chi connectivity index (χ4v) is 2.27. The Hall–Kier alpha value is -1.89. The van der Waals surface area contributed by atoms with Crippen LogP contribution in [-0.4, -0.2) is 29.9 Å². The van der Waals surface area contributed by atoms with E-state index >= 15 is 0 Å². The molecule has 0 unspecified atom stereocenters. The number of hydrogen-bond acceptors (Lipinski definition) is 5. The average molecular weight is 280 g/mol. The van der Waals surface area contributed by atoms with Crippen molar-refractivity contribution in [3.8, 4) is 11.3 Å². The number of sulfone groups is 1. The molecule has 2 heterocycles. The van der Waals surface area contributed by atoms with Crippen LogP contribution < -0.4 is 5.73 Å². The van der Waals surface area contributed by atoms with Gasteiger partial charge in [-0.15, -0.1) is 0 Å². The monoisotopic (exact) mass is 280 g/mol. The topological polar surface area (TPSA) is 102 Å². The van der Waals surface area contributed by atoms with Crippen LogP contribution in [0.2, 0.25) is 0 Å². The van der Waals surface area contributed by atoms with Crippen LogP contribution in [0, 0.1) is 0 Å². The second-order valence-electron chi connectivity index (χ2n) is 4.86. The molecule has 19 heavy (non-hydrogen) atoms. The van der Waals surface area contributed by atoms with E-state index in [4.69, 9.17) is 5.73 Å². The van der Waals surface area contributed by atoms with Gasteiger partial charge in [-0.1, -0.05) is 6.07 Å². The van der Waals surface area contributed by atoms with Crippen molar-refractivity contribution in [2.75, 3.05) is 12.0 Å². The Balaban J connectivity index is 2.70. The van der Waals surface area contributed by atoms with E-state index in [-0.39, 0.29) is 5.82 Å². The normalized spacial score (nSPS) is 12.6. The standard InChI is InChI=1S/C12H16N4O2S/c1-12(2,19(3,17)18)10-9(11(13)16-15-10)8-6-4-5-7-14-8/h4-7H,1-3H3,(H3,13,15,16). The van der Waals surface area contributed by atoms with Crippen LogP contribution >= 0.6 is 0 Å². The van der Waals surface area contributed by atoms with E-state index in [9.17, 15) is 8.42 Å². The maximum Gasteiger partial charge on any atom is 0.158 e. The van der Waals surface area contributed by atoms with Crippen LogP contribution in [0.5, 0.6) is 0 Å². The van der Waals surface area contributed by atoms with E-state index in [0.29, 0.717) is 17.0 Å². The second-order valence-corrected chi connectivity index (χ2v) is 7.42. The second kappa shape index (κ2) is 4.34. The fraction of sp³-hybridized carbons (Fsp3) is 0.333. The molecule has 0 radical (unpaired) electrons. The summed E-state index contributed by atoms with van der Waals surface area (Å²) >= 11 is 0. The molecule has 0 aromatic carbocycles. The van der Waals surface area contributed by atoms with Gasteiger partial charge in [-0.3, -0.25) is 10.1 Å². The summed E-state index contributed by atoms with van der Waals surface area (Å²) in [6, 6.07) is 5.36. The zero-order chi connectivity index (χ0) is 14.3. The lowest BCUT2D eigenvalue weighted by atomic mass is 10.0. The van der Waals surface area contributed by atoms with Crippen molar-refractivity contribution < 1.29 is 8.42 Å². The van der Waals surface area contributed by atoms with Crippen molar-refractivity contribution in [2.45, 2.75) is 18.6 Å². The molecule has 0 saturated carbocycles. The highest BCUT2D eigenvalue weighted by molar-refractivity contribution is 7.91. The Morgan fingerprint density at radius 3 is 2.53 bits per heavy atom. The number of pyridine rings is 1. The minimum atomic E-state index is -3.33. The third kappa shape index (κ3) is 2.21. The largest absolute Gasteiger partial charge is 0.382 e. The third-order valence-corrected chi connectivity index (χ3v) is 5.30. The van der Waals surface area contributed by atoms with E-state index in [2.05, 4.69) is 15.2 Å². The summed E-state index contributed by atoms with van der Waals surface area (Å²) in [6.07, 6.45) is 2.81. The molecule has 2 aromatic rings. The van der Waals surface area contributed by atoms with Crippen molar-refractivity contribution in [2.24, 2.45) is 0 Å². The summed E-state index contributed by atoms with van der Waals surface area (Å²) in [5, 5.41) is 6.65. The van der Waals surface area contributed by atoms with Crippen LogP contribution in [0.25, 0.3) is 11.3 Å². The summed E-state index contributed by atoms with van der Waals surface area (Å²) in [5.41, 5.74) is 7.42. The Labute approximate surface area is 112 Å². The lowest BCUT2D eigenvalue weighted by Crippen LogP contribution is -2.29. The number of H-pyrrole nitrogens is 1. The number of nitrogens with zero attached hydrogens (tertiary/aromatic N) is 2. The highest BCUT2D eigenvalue weighted by Crippen LogP contribution is 2.37. The molecular weight excluding hydrogens is 264 g/mol. The Bertz CT molecular complexity index is 690. The number of nitrogens with one attached hydrogen (secondary N) is 1. The Kier molecular flexibility index (Phi) is 3.09. The van der Waals surface area contributed by atoms with E-state index in [1.165, 1.54) is 6.26 Å². The van der Waals surface area contributed by atoms with E-state index in [1.54, 1.807) is 32.2 Å². The van der Waals surface area contributed by atoms with Gasteiger partial charge in [0.15, 0.2) is 15.7 Å². The predicted octanol–water partition coefficient (Wildman–Crippen LogP) is 1.33. The van der Waals surface area contributed by atoms with Gasteiger partial charge in [-0.2, -0.15) is 5.10 Å². The number of anilines is 1. The van der Waals surface area contributed by atoms with Gasteiger partial charge >= 0.3 is 0 Å². The molecule has 0 fully saturated rings. The van der Waals surface area contributed by atoms with Gasteiger partial charge in [-0.05, 0) is 26.0 Å². The minimum Gasteiger partial charge on any atom is -0.382 e. The highest BCUT2D eigenvalue weighted by Gasteiger charge is 2.37. The van der Waals surface area contributed by atoms with Crippen LogP contribution in [-0.2, 0) is 14.6 Å². The fourth-order valence-electron chi connectivity index (χ4n) is 1.75. The number of nitrogen functional groups attached to an aromatic ring is 1. The van der Waals surface area contributed by atoms with Crippen LogP contribution in [0.15, 0.2) is 24.4 Å². The average Bonchev–Trinajstić information content (AvgIpc) is 2.71. The van der Waals surface area contributed by atoms with Crippen molar-refractivity contribution >= 4 is 15.7 Å². The minimum absolute atomic E-state index is 0.241. The van der Waals surface area contributed by atoms with Gasteiger partial charge in [0.2, 0.25) is 0 Å². The first-order chi connectivity index (χ1) is 8.75. The number of aromatic nitrogens is 3. The van der Waals surface area contributed by atoms with Crippen LogP contribution in [0.1, 0.15) is 19.5 Å². The quantitative estimate of drug-likeness (QED) is 0.883. The summed E-state index contributed by atoms with van der Waals surface area (Å²) in [4.78, 5) is 4.20. The molecular formula is C12H16N4O2S. The smallest absolute Gasteiger partial charge is 0.158 e. The third-order valence-electron chi connectivity index (χ3n) is 3.24. The van der Waals surface area contributed by atoms with Crippen molar-refractivity contribution in [1.82, 2.24) is 15.2 Å².